The number of hydrogen-bond donors (Lipinski definition) is 0. The first-order chi connectivity index (χ1) is 13.9. The van der Waals surface area contributed by atoms with Crippen LogP contribution in [0.1, 0.15) is 30.5 Å². The van der Waals surface area contributed by atoms with Crippen molar-refractivity contribution < 1.29 is 9.59 Å². The van der Waals surface area contributed by atoms with Crippen molar-refractivity contribution in [2.45, 2.75) is 27.3 Å². The summed E-state index contributed by atoms with van der Waals surface area (Å²) in [5.74, 6) is -0.00712. The van der Waals surface area contributed by atoms with Crippen LogP contribution < -0.4 is 4.90 Å². The Bertz CT molecular complexity index is 1040. The van der Waals surface area contributed by atoms with Gasteiger partial charge in [0, 0.05) is 12.1 Å². The highest BCUT2D eigenvalue weighted by Gasteiger charge is 2.41. The van der Waals surface area contributed by atoms with Crippen LogP contribution in [0.2, 0.25) is 0 Å². The molecule has 0 unspecified atom stereocenters. The van der Waals surface area contributed by atoms with Gasteiger partial charge in [-0.2, -0.15) is 0 Å². The van der Waals surface area contributed by atoms with Crippen molar-refractivity contribution in [2.75, 3.05) is 11.4 Å². The molecule has 6 heteroatoms. The third-order valence-corrected chi connectivity index (χ3v) is 6.46. The number of hydrogen-bond acceptors (Lipinski definition) is 4. The maximum Gasteiger partial charge on any atom is 0.267 e. The van der Waals surface area contributed by atoms with Crippen molar-refractivity contribution in [3.63, 3.8) is 0 Å². The number of amides is 2. The molecule has 2 aromatic carbocycles. The number of carbonyl (C=O) groups is 2. The quantitative estimate of drug-likeness (QED) is 0.526. The van der Waals surface area contributed by atoms with Crippen LogP contribution in [-0.4, -0.2) is 27.6 Å². The predicted molar refractivity (Wildman–Crippen MR) is 122 cm³/mol. The van der Waals surface area contributed by atoms with E-state index in [-0.39, 0.29) is 11.8 Å². The van der Waals surface area contributed by atoms with Gasteiger partial charge in [-0.15, -0.1) is 0 Å². The fourth-order valence-electron chi connectivity index (χ4n) is 3.60. The van der Waals surface area contributed by atoms with E-state index in [0.29, 0.717) is 33.8 Å². The number of rotatable bonds is 4. The van der Waals surface area contributed by atoms with Gasteiger partial charge in [0.15, 0.2) is 0 Å². The normalized spacial score (nSPS) is 19.0. The van der Waals surface area contributed by atoms with E-state index in [9.17, 15) is 9.59 Å². The summed E-state index contributed by atoms with van der Waals surface area (Å²) < 4.78 is 0.522. The zero-order valence-electron chi connectivity index (χ0n) is 16.6. The Balaban J connectivity index is 1.75. The first-order valence-electron chi connectivity index (χ1n) is 9.61. The van der Waals surface area contributed by atoms with Crippen LogP contribution in [0, 0.1) is 12.8 Å². The van der Waals surface area contributed by atoms with Gasteiger partial charge in [-0.3, -0.25) is 14.5 Å². The molecule has 4 rings (SSSR count). The van der Waals surface area contributed by atoms with E-state index in [1.54, 1.807) is 9.80 Å². The lowest BCUT2D eigenvalue weighted by molar-refractivity contribution is -0.122. The summed E-state index contributed by atoms with van der Waals surface area (Å²) in [6, 6.07) is 15.8. The topological polar surface area (TPSA) is 40.6 Å². The second kappa shape index (κ2) is 7.76. The summed E-state index contributed by atoms with van der Waals surface area (Å²) >= 11 is 6.68. The molecule has 2 aliphatic heterocycles. The maximum atomic E-state index is 13.4. The molecule has 0 aromatic heterocycles. The van der Waals surface area contributed by atoms with Gasteiger partial charge in [-0.05, 0) is 24.5 Å². The Morgan fingerprint density at radius 1 is 0.966 bits per heavy atom. The van der Waals surface area contributed by atoms with E-state index in [4.69, 9.17) is 12.2 Å². The van der Waals surface area contributed by atoms with Gasteiger partial charge in [-0.25, -0.2) is 0 Å². The summed E-state index contributed by atoms with van der Waals surface area (Å²) in [5.41, 5.74) is 4.33. The lowest BCUT2D eigenvalue weighted by Crippen LogP contribution is -2.32. The molecule has 0 N–H and O–H groups in total. The van der Waals surface area contributed by atoms with Crippen LogP contribution in [0.5, 0.6) is 0 Å². The molecule has 0 saturated carbocycles. The number of nitrogens with zero attached hydrogens (tertiary/aromatic N) is 2. The highest BCUT2D eigenvalue weighted by Crippen LogP contribution is 2.45. The van der Waals surface area contributed by atoms with Crippen LogP contribution in [0.3, 0.4) is 0 Å². The molecule has 2 aromatic rings. The Hall–Kier alpha value is -2.44. The fraction of sp³-hybridized carbons (Fsp3) is 0.261. The van der Waals surface area contributed by atoms with Crippen LogP contribution in [0.15, 0.2) is 53.4 Å². The predicted octanol–water partition coefficient (Wildman–Crippen LogP) is 4.77. The number of fused-ring (bicyclic) bond motifs is 1. The molecule has 2 aliphatic rings. The van der Waals surface area contributed by atoms with E-state index >= 15 is 0 Å². The van der Waals surface area contributed by atoms with Crippen LogP contribution in [-0.2, 0) is 16.1 Å². The summed E-state index contributed by atoms with van der Waals surface area (Å²) in [5, 5.41) is 0. The largest absolute Gasteiger partial charge is 0.303 e. The number of benzene rings is 2. The molecule has 1 saturated heterocycles. The lowest BCUT2D eigenvalue weighted by Gasteiger charge is -2.17. The molecule has 4 nitrogen and oxygen atoms in total. The summed E-state index contributed by atoms with van der Waals surface area (Å²) in [7, 11) is 0. The van der Waals surface area contributed by atoms with Crippen LogP contribution in [0.25, 0.3) is 5.57 Å². The molecule has 29 heavy (non-hydrogen) atoms. The van der Waals surface area contributed by atoms with Crippen molar-refractivity contribution in [3.8, 4) is 0 Å². The average Bonchev–Trinajstić information content (AvgIpc) is 3.11. The van der Waals surface area contributed by atoms with Gasteiger partial charge in [0.1, 0.15) is 4.32 Å². The molecule has 0 spiro atoms. The van der Waals surface area contributed by atoms with Gasteiger partial charge in [0.05, 0.1) is 22.7 Å². The fourth-order valence-corrected chi connectivity index (χ4v) is 4.95. The standard InChI is InChI=1S/C23H22N2O2S2/c1-14(2)12-25-22(27)20(29-23(25)28)19-17-6-4-5-7-18(17)24(21(19)26)13-16-10-8-15(3)9-11-16/h4-11,14H,12-13H2,1-3H3. The Morgan fingerprint density at radius 2 is 1.66 bits per heavy atom. The molecule has 0 aliphatic carbocycles. The van der Waals surface area contributed by atoms with E-state index in [1.165, 1.54) is 17.3 Å². The molecule has 1 fully saturated rings. The van der Waals surface area contributed by atoms with Crippen LogP contribution >= 0.6 is 24.0 Å². The number of thioether (sulfide) groups is 1. The molecule has 0 atom stereocenters. The van der Waals surface area contributed by atoms with Gasteiger partial charge >= 0.3 is 0 Å². The number of anilines is 1. The van der Waals surface area contributed by atoms with Crippen molar-refractivity contribution in [3.05, 3.63) is 70.1 Å². The van der Waals surface area contributed by atoms with E-state index in [0.717, 1.165) is 16.8 Å². The zero-order valence-corrected chi connectivity index (χ0v) is 18.3. The van der Waals surface area contributed by atoms with Gasteiger partial charge < -0.3 is 4.90 Å². The zero-order chi connectivity index (χ0) is 20.7. The van der Waals surface area contributed by atoms with Gasteiger partial charge in [0.2, 0.25) is 0 Å². The summed E-state index contributed by atoms with van der Waals surface area (Å²) in [6.07, 6.45) is 0. The number of carbonyl (C=O) groups excluding carboxylic acids is 2. The Labute approximate surface area is 180 Å². The summed E-state index contributed by atoms with van der Waals surface area (Å²) in [6.45, 7) is 7.16. The van der Waals surface area contributed by atoms with Crippen molar-refractivity contribution >= 4 is 51.4 Å². The highest BCUT2D eigenvalue weighted by molar-refractivity contribution is 8.26. The molecule has 148 valence electrons. The minimum Gasteiger partial charge on any atom is -0.303 e. The Morgan fingerprint density at radius 3 is 2.34 bits per heavy atom. The van der Waals surface area contributed by atoms with Gasteiger partial charge in [0.25, 0.3) is 11.8 Å². The van der Waals surface area contributed by atoms with E-state index in [2.05, 4.69) is 0 Å². The molecule has 0 bridgehead atoms. The molecule has 2 amide bonds. The maximum absolute atomic E-state index is 13.4. The van der Waals surface area contributed by atoms with Gasteiger partial charge in [-0.1, -0.05) is 85.9 Å². The third kappa shape index (κ3) is 3.63. The van der Waals surface area contributed by atoms with Crippen LogP contribution in [0.4, 0.5) is 5.69 Å². The molecular weight excluding hydrogens is 400 g/mol. The first-order valence-corrected chi connectivity index (χ1v) is 10.8. The highest BCUT2D eigenvalue weighted by atomic mass is 32.2. The smallest absolute Gasteiger partial charge is 0.267 e. The van der Waals surface area contributed by atoms with Crippen molar-refractivity contribution in [2.24, 2.45) is 5.92 Å². The molecule has 0 radical (unpaired) electrons. The molecule has 2 heterocycles. The van der Waals surface area contributed by atoms with Crippen molar-refractivity contribution in [1.82, 2.24) is 4.90 Å². The number of aryl methyl sites for hydroxylation is 1. The lowest BCUT2D eigenvalue weighted by atomic mass is 10.1. The first kappa shape index (κ1) is 19.9. The second-order valence-corrected chi connectivity index (χ2v) is 9.42. The average molecular weight is 423 g/mol. The third-order valence-electron chi connectivity index (χ3n) is 5.01. The monoisotopic (exact) mass is 422 g/mol. The summed E-state index contributed by atoms with van der Waals surface area (Å²) in [4.78, 5) is 30.3. The second-order valence-electron chi connectivity index (χ2n) is 7.78. The molecular formula is C23H22N2O2S2. The van der Waals surface area contributed by atoms with E-state index in [1.807, 2.05) is 69.3 Å². The minimum atomic E-state index is -0.163. The van der Waals surface area contributed by atoms with Crippen molar-refractivity contribution in [1.29, 1.82) is 0 Å². The Kier molecular flexibility index (Phi) is 5.32. The SMILES string of the molecule is Cc1ccc(CN2C(=O)C(=C3SC(=S)N(CC(C)C)C3=O)c3ccccc32)cc1. The number of para-hydroxylation sites is 1. The number of thiocarbonyl (C=S) groups is 1. The minimum absolute atomic E-state index is 0.142. The van der Waals surface area contributed by atoms with E-state index < -0.39 is 0 Å².